The molecule has 1 atom stereocenters. The van der Waals surface area contributed by atoms with Gasteiger partial charge in [0.2, 0.25) is 0 Å². The molecule has 2 rings (SSSR count). The molecule has 0 spiro atoms. The monoisotopic (exact) mass is 253 g/mol. The van der Waals surface area contributed by atoms with E-state index in [1.54, 1.807) is 18.2 Å². The van der Waals surface area contributed by atoms with Gasteiger partial charge in [-0.3, -0.25) is 0 Å². The molecule has 92 valence electrons. The van der Waals surface area contributed by atoms with Crippen LogP contribution in [0.15, 0.2) is 23.1 Å². The lowest BCUT2D eigenvalue weighted by Crippen LogP contribution is -2.10. The summed E-state index contributed by atoms with van der Waals surface area (Å²) >= 11 is 0. The van der Waals surface area contributed by atoms with Crippen LogP contribution in [0.25, 0.3) is 11.0 Å². The highest BCUT2D eigenvalue weighted by molar-refractivity contribution is 7.91. The van der Waals surface area contributed by atoms with Gasteiger partial charge in [-0.2, -0.15) is 0 Å². The number of hydrogen-bond donors (Lipinski definition) is 2. The van der Waals surface area contributed by atoms with E-state index in [4.69, 9.17) is 5.73 Å². The smallest absolute Gasteiger partial charge is 0.177 e. The van der Waals surface area contributed by atoms with Gasteiger partial charge in [0, 0.05) is 6.26 Å². The molecule has 1 unspecified atom stereocenters. The highest BCUT2D eigenvalue weighted by Gasteiger charge is 2.16. The third-order valence-electron chi connectivity index (χ3n) is 2.68. The van der Waals surface area contributed by atoms with Crippen molar-refractivity contribution in [1.82, 2.24) is 9.97 Å². The number of rotatable bonds is 3. The fourth-order valence-corrected chi connectivity index (χ4v) is 2.53. The zero-order valence-corrected chi connectivity index (χ0v) is 10.6. The number of aromatic amines is 1. The maximum Gasteiger partial charge on any atom is 0.177 e. The van der Waals surface area contributed by atoms with Gasteiger partial charge in [0.05, 0.1) is 16.5 Å². The minimum absolute atomic E-state index is 0.199. The Kier molecular flexibility index (Phi) is 2.92. The van der Waals surface area contributed by atoms with Crippen LogP contribution in [0.1, 0.15) is 25.2 Å². The summed E-state index contributed by atoms with van der Waals surface area (Å²) in [5.74, 6) is 0.624. The molecule has 3 N–H and O–H groups in total. The molecule has 0 amide bonds. The summed E-state index contributed by atoms with van der Waals surface area (Å²) < 4.78 is 23.2. The molecule has 0 aliphatic rings. The largest absolute Gasteiger partial charge is 0.341 e. The van der Waals surface area contributed by atoms with Crippen molar-refractivity contribution in [2.45, 2.75) is 24.3 Å². The molecule has 17 heavy (non-hydrogen) atoms. The van der Waals surface area contributed by atoms with Crippen LogP contribution in [0.2, 0.25) is 0 Å². The number of nitrogens with two attached hydrogens (primary N) is 1. The lowest BCUT2D eigenvalue weighted by atomic mass is 10.2. The van der Waals surface area contributed by atoms with Gasteiger partial charge in [-0.1, -0.05) is 13.0 Å². The van der Waals surface area contributed by atoms with E-state index in [1.807, 2.05) is 6.92 Å². The van der Waals surface area contributed by atoms with Crippen LogP contribution < -0.4 is 5.73 Å². The second kappa shape index (κ2) is 4.12. The Labute approximate surface area is 100.0 Å². The summed E-state index contributed by atoms with van der Waals surface area (Å²) in [6.45, 7) is 1.95. The van der Waals surface area contributed by atoms with Crippen LogP contribution >= 0.6 is 0 Å². The van der Waals surface area contributed by atoms with Crippen LogP contribution in [0.3, 0.4) is 0 Å². The number of nitrogens with one attached hydrogen (secondary N) is 1. The van der Waals surface area contributed by atoms with Gasteiger partial charge in [0.25, 0.3) is 0 Å². The first kappa shape index (κ1) is 12.1. The Hall–Kier alpha value is -1.40. The summed E-state index contributed by atoms with van der Waals surface area (Å²) in [6.07, 6.45) is 1.92. The fourth-order valence-electron chi connectivity index (χ4n) is 1.69. The van der Waals surface area contributed by atoms with Crippen molar-refractivity contribution in [1.29, 1.82) is 0 Å². The summed E-state index contributed by atoms with van der Waals surface area (Å²) in [6, 6.07) is 4.84. The van der Waals surface area contributed by atoms with Crippen LogP contribution in [0.4, 0.5) is 0 Å². The molecule has 0 fully saturated rings. The van der Waals surface area contributed by atoms with E-state index in [-0.39, 0.29) is 10.9 Å². The fraction of sp³-hybridized carbons (Fsp3) is 0.364. The van der Waals surface area contributed by atoms with Crippen LogP contribution in [0.5, 0.6) is 0 Å². The molecule has 0 saturated heterocycles. The van der Waals surface area contributed by atoms with E-state index in [0.29, 0.717) is 16.9 Å². The zero-order valence-electron chi connectivity index (χ0n) is 9.77. The van der Waals surface area contributed by atoms with Crippen molar-refractivity contribution in [3.63, 3.8) is 0 Å². The van der Waals surface area contributed by atoms with Crippen LogP contribution in [0, 0.1) is 0 Å². The third-order valence-corrected chi connectivity index (χ3v) is 3.81. The Morgan fingerprint density at radius 1 is 1.47 bits per heavy atom. The second-order valence-electron chi connectivity index (χ2n) is 4.06. The Balaban J connectivity index is 2.69. The first-order valence-corrected chi connectivity index (χ1v) is 7.27. The van der Waals surface area contributed by atoms with Gasteiger partial charge >= 0.3 is 0 Å². The number of para-hydroxylation sites is 1. The number of aromatic nitrogens is 2. The van der Waals surface area contributed by atoms with E-state index >= 15 is 0 Å². The van der Waals surface area contributed by atoms with Gasteiger partial charge in [-0.25, -0.2) is 13.4 Å². The molecule has 0 aliphatic carbocycles. The Bertz CT molecular complexity index is 646. The Morgan fingerprint density at radius 2 is 2.18 bits per heavy atom. The normalized spacial score (nSPS) is 14.1. The van der Waals surface area contributed by atoms with Gasteiger partial charge in [0.1, 0.15) is 11.3 Å². The lowest BCUT2D eigenvalue weighted by molar-refractivity contribution is 0.602. The quantitative estimate of drug-likeness (QED) is 0.864. The topological polar surface area (TPSA) is 88.8 Å². The lowest BCUT2D eigenvalue weighted by Gasteiger charge is -2.02. The molecule has 2 aromatic rings. The van der Waals surface area contributed by atoms with Crippen molar-refractivity contribution >= 4 is 20.9 Å². The number of sulfone groups is 1. The van der Waals surface area contributed by atoms with Gasteiger partial charge in [-0.05, 0) is 18.6 Å². The van der Waals surface area contributed by atoms with Crippen molar-refractivity contribution in [3.05, 3.63) is 24.0 Å². The predicted molar refractivity (Wildman–Crippen MR) is 66.4 cm³/mol. The Morgan fingerprint density at radius 3 is 2.76 bits per heavy atom. The summed E-state index contributed by atoms with van der Waals surface area (Å²) in [5, 5.41) is 0. The van der Waals surface area contributed by atoms with Crippen molar-refractivity contribution in [3.8, 4) is 0 Å². The highest BCUT2D eigenvalue weighted by atomic mass is 32.2. The van der Waals surface area contributed by atoms with Crippen LogP contribution in [-0.4, -0.2) is 24.6 Å². The maximum atomic E-state index is 11.6. The van der Waals surface area contributed by atoms with E-state index in [1.165, 1.54) is 6.26 Å². The minimum Gasteiger partial charge on any atom is -0.341 e. The van der Waals surface area contributed by atoms with Crippen molar-refractivity contribution in [2.24, 2.45) is 5.73 Å². The predicted octanol–water partition coefficient (Wildman–Crippen LogP) is 1.38. The molecule has 0 bridgehead atoms. The number of fused-ring (bicyclic) bond motifs is 1. The SMILES string of the molecule is CCC(N)c1nc2c(S(C)(=O)=O)cccc2[nH]1. The molecule has 1 aromatic heterocycles. The molecule has 5 nitrogen and oxygen atoms in total. The number of nitrogens with zero attached hydrogens (tertiary/aromatic N) is 1. The van der Waals surface area contributed by atoms with Crippen molar-refractivity contribution in [2.75, 3.05) is 6.26 Å². The number of imidazole rings is 1. The first-order chi connectivity index (χ1) is 7.93. The molecular weight excluding hydrogens is 238 g/mol. The molecule has 0 saturated carbocycles. The number of hydrogen-bond acceptors (Lipinski definition) is 4. The summed E-state index contributed by atoms with van der Waals surface area (Å²) in [4.78, 5) is 7.59. The molecule has 6 heteroatoms. The number of H-pyrrole nitrogens is 1. The van der Waals surface area contributed by atoms with E-state index in [9.17, 15) is 8.42 Å². The zero-order chi connectivity index (χ0) is 12.6. The van der Waals surface area contributed by atoms with Gasteiger partial charge in [0.15, 0.2) is 9.84 Å². The van der Waals surface area contributed by atoms with Crippen LogP contribution in [-0.2, 0) is 9.84 Å². The maximum absolute atomic E-state index is 11.6. The highest BCUT2D eigenvalue weighted by Crippen LogP contribution is 2.23. The standard InChI is InChI=1S/C11H15N3O2S/c1-3-7(12)11-13-8-5-4-6-9(10(8)14-11)17(2,15)16/h4-7H,3,12H2,1-2H3,(H,13,14). The summed E-state index contributed by atoms with van der Waals surface area (Å²) in [5.41, 5.74) is 7.04. The van der Waals surface area contributed by atoms with Crippen molar-refractivity contribution < 1.29 is 8.42 Å². The summed E-state index contributed by atoms with van der Waals surface area (Å²) in [7, 11) is -3.27. The third kappa shape index (κ3) is 2.18. The molecular formula is C11H15N3O2S. The number of benzene rings is 1. The van der Waals surface area contributed by atoms with E-state index in [0.717, 1.165) is 6.42 Å². The van der Waals surface area contributed by atoms with E-state index in [2.05, 4.69) is 9.97 Å². The van der Waals surface area contributed by atoms with E-state index < -0.39 is 9.84 Å². The molecule has 1 aromatic carbocycles. The van der Waals surface area contributed by atoms with Gasteiger partial charge in [-0.15, -0.1) is 0 Å². The average molecular weight is 253 g/mol. The molecule has 0 aliphatic heterocycles. The first-order valence-electron chi connectivity index (χ1n) is 5.37. The van der Waals surface area contributed by atoms with Gasteiger partial charge < -0.3 is 10.7 Å². The minimum atomic E-state index is -3.27. The molecule has 1 heterocycles. The second-order valence-corrected chi connectivity index (χ2v) is 6.05. The molecule has 0 radical (unpaired) electrons. The average Bonchev–Trinajstić information content (AvgIpc) is 2.69.